The van der Waals surface area contributed by atoms with Crippen molar-refractivity contribution in [2.75, 3.05) is 37.7 Å². The molecule has 2 unspecified atom stereocenters. The summed E-state index contributed by atoms with van der Waals surface area (Å²) in [5.41, 5.74) is -1.30. The summed E-state index contributed by atoms with van der Waals surface area (Å²) in [6, 6.07) is 0.0139. The average molecular weight is 480 g/mol. The number of alkyl halides is 1. The molecule has 0 bridgehead atoms. The fraction of sp³-hybridized carbons (Fsp3) is 0.609. The minimum absolute atomic E-state index is 0.0139. The zero-order chi connectivity index (χ0) is 23.2. The highest BCUT2D eigenvalue weighted by molar-refractivity contribution is 6.30. The molecule has 5 rings (SSSR count). The zero-order valence-corrected chi connectivity index (χ0v) is 19.2. The van der Waals surface area contributed by atoms with Crippen molar-refractivity contribution in [3.8, 4) is 6.01 Å². The lowest BCUT2D eigenvalue weighted by Crippen LogP contribution is -2.48. The number of hydrogen-bond donors (Lipinski definition) is 1. The molecule has 3 aliphatic rings. The standard InChI is InChI=1S/C23H28ClF2N5O2/c1-2-5-23(32)7-4-8-30(13-23)20-16-11-27-19(24)17(26)18(16)28-21(29-20)33-14-22-6-3-9-31(22)12-15(25)10-22/h2,11,15,32H,1,3-10,12-14H2/t15-,22?,23?/m1/s1. The van der Waals surface area contributed by atoms with Gasteiger partial charge in [0.15, 0.2) is 11.0 Å². The van der Waals surface area contributed by atoms with Crippen LogP contribution in [-0.4, -0.2) is 75.1 Å². The highest BCUT2D eigenvalue weighted by atomic mass is 35.5. The number of aromatic nitrogens is 3. The van der Waals surface area contributed by atoms with Gasteiger partial charge in [0.25, 0.3) is 0 Å². The van der Waals surface area contributed by atoms with Crippen molar-refractivity contribution in [2.24, 2.45) is 0 Å². The molecule has 2 aromatic rings. The lowest BCUT2D eigenvalue weighted by Gasteiger charge is -2.39. The molecule has 2 aromatic heterocycles. The Kier molecular flexibility index (Phi) is 5.91. The summed E-state index contributed by atoms with van der Waals surface area (Å²) in [6.45, 7) is 6.20. The van der Waals surface area contributed by atoms with Gasteiger partial charge >= 0.3 is 6.01 Å². The number of nitrogens with zero attached hydrogens (tertiary/aromatic N) is 5. The molecule has 7 nitrogen and oxygen atoms in total. The predicted molar refractivity (Wildman–Crippen MR) is 122 cm³/mol. The maximum Gasteiger partial charge on any atom is 0.319 e. The van der Waals surface area contributed by atoms with Crippen LogP contribution in [0, 0.1) is 5.82 Å². The van der Waals surface area contributed by atoms with Crippen LogP contribution in [0.1, 0.15) is 38.5 Å². The number of aliphatic hydroxyl groups is 1. The minimum Gasteiger partial charge on any atom is -0.461 e. The molecule has 0 amide bonds. The normalized spacial score (nSPS) is 30.1. The third kappa shape index (κ3) is 4.15. The molecular formula is C23H28ClF2N5O2. The van der Waals surface area contributed by atoms with E-state index >= 15 is 0 Å². The first-order chi connectivity index (χ1) is 15.8. The van der Waals surface area contributed by atoms with Crippen molar-refractivity contribution in [1.29, 1.82) is 0 Å². The summed E-state index contributed by atoms with van der Waals surface area (Å²) in [4.78, 5) is 16.9. The van der Waals surface area contributed by atoms with Gasteiger partial charge in [0.05, 0.1) is 16.5 Å². The molecular weight excluding hydrogens is 452 g/mol. The molecule has 5 heterocycles. The Bertz CT molecular complexity index is 1070. The SMILES string of the molecule is C=CCC1(O)CCCN(c2nc(OCC34CCCN3C[C@H](F)C4)nc3c(F)c(Cl)ncc23)C1. The van der Waals surface area contributed by atoms with Gasteiger partial charge in [-0.15, -0.1) is 6.58 Å². The summed E-state index contributed by atoms with van der Waals surface area (Å²) in [5.74, 6) is -0.304. The number of halogens is 3. The van der Waals surface area contributed by atoms with Crippen molar-refractivity contribution < 1.29 is 18.6 Å². The number of pyridine rings is 1. The maximum atomic E-state index is 14.9. The van der Waals surface area contributed by atoms with Gasteiger partial charge in [-0.3, -0.25) is 4.90 Å². The second-order valence-electron chi connectivity index (χ2n) is 9.56. The number of piperidine rings is 1. The van der Waals surface area contributed by atoms with E-state index in [1.165, 1.54) is 6.20 Å². The van der Waals surface area contributed by atoms with Crippen LogP contribution in [0.4, 0.5) is 14.6 Å². The van der Waals surface area contributed by atoms with Gasteiger partial charge in [0, 0.05) is 32.3 Å². The third-order valence-electron chi connectivity index (χ3n) is 7.21. The van der Waals surface area contributed by atoms with Gasteiger partial charge in [0.1, 0.15) is 24.1 Å². The smallest absolute Gasteiger partial charge is 0.319 e. The molecule has 0 radical (unpaired) electrons. The summed E-state index contributed by atoms with van der Waals surface area (Å²) in [7, 11) is 0. The largest absolute Gasteiger partial charge is 0.461 e. The Morgan fingerprint density at radius 2 is 2.12 bits per heavy atom. The van der Waals surface area contributed by atoms with Crippen LogP contribution in [0.5, 0.6) is 6.01 Å². The molecule has 3 saturated heterocycles. The van der Waals surface area contributed by atoms with Crippen LogP contribution in [0.2, 0.25) is 5.15 Å². The number of hydrogen-bond acceptors (Lipinski definition) is 7. The Morgan fingerprint density at radius 3 is 2.94 bits per heavy atom. The number of anilines is 1. The van der Waals surface area contributed by atoms with Crippen molar-refractivity contribution >= 4 is 28.3 Å². The van der Waals surface area contributed by atoms with E-state index in [0.717, 1.165) is 25.8 Å². The van der Waals surface area contributed by atoms with Gasteiger partial charge in [-0.25, -0.2) is 13.8 Å². The number of rotatable bonds is 6. The fourth-order valence-corrected chi connectivity index (χ4v) is 5.82. The molecule has 3 atom stereocenters. The first kappa shape index (κ1) is 22.7. The van der Waals surface area contributed by atoms with Crippen molar-refractivity contribution in [3.05, 3.63) is 29.8 Å². The molecule has 3 aliphatic heterocycles. The van der Waals surface area contributed by atoms with Crippen molar-refractivity contribution in [1.82, 2.24) is 19.9 Å². The van der Waals surface area contributed by atoms with Crippen LogP contribution in [0.25, 0.3) is 10.9 Å². The second-order valence-corrected chi connectivity index (χ2v) is 9.92. The Labute approximate surface area is 196 Å². The monoisotopic (exact) mass is 479 g/mol. The lowest BCUT2D eigenvalue weighted by atomic mass is 9.89. The number of fused-ring (bicyclic) bond motifs is 2. The van der Waals surface area contributed by atoms with Crippen LogP contribution in [0.15, 0.2) is 18.9 Å². The highest BCUT2D eigenvalue weighted by Crippen LogP contribution is 2.41. The Balaban J connectivity index is 1.50. The summed E-state index contributed by atoms with van der Waals surface area (Å²) in [5, 5.41) is 11.1. The molecule has 0 aliphatic carbocycles. The molecule has 1 N–H and O–H groups in total. The molecule has 178 valence electrons. The first-order valence-corrected chi connectivity index (χ1v) is 11.8. The van der Waals surface area contributed by atoms with E-state index in [0.29, 0.717) is 50.1 Å². The van der Waals surface area contributed by atoms with Gasteiger partial charge in [-0.2, -0.15) is 9.97 Å². The lowest BCUT2D eigenvalue weighted by molar-refractivity contribution is 0.0287. The maximum absolute atomic E-state index is 14.9. The summed E-state index contributed by atoms with van der Waals surface area (Å²) in [6.07, 6.45) is 6.35. The zero-order valence-electron chi connectivity index (χ0n) is 18.4. The van der Waals surface area contributed by atoms with Gasteiger partial charge < -0.3 is 14.7 Å². The minimum atomic E-state index is -0.944. The molecule has 3 fully saturated rings. The Morgan fingerprint density at radius 1 is 1.30 bits per heavy atom. The van der Waals surface area contributed by atoms with Crippen molar-refractivity contribution in [3.63, 3.8) is 0 Å². The van der Waals surface area contributed by atoms with E-state index in [1.54, 1.807) is 6.08 Å². The third-order valence-corrected chi connectivity index (χ3v) is 7.47. The fourth-order valence-electron chi connectivity index (χ4n) is 5.68. The van der Waals surface area contributed by atoms with E-state index in [4.69, 9.17) is 16.3 Å². The summed E-state index contributed by atoms with van der Waals surface area (Å²) >= 11 is 5.93. The molecule has 0 aromatic carbocycles. The van der Waals surface area contributed by atoms with E-state index in [9.17, 15) is 13.9 Å². The van der Waals surface area contributed by atoms with E-state index in [-0.39, 0.29) is 28.8 Å². The topological polar surface area (TPSA) is 74.6 Å². The number of β-amino-alcohol motifs (C(OH)–C–C–N with tert-alkyl or cyclic N) is 1. The number of ether oxygens (including phenoxy) is 1. The van der Waals surface area contributed by atoms with Crippen LogP contribution in [-0.2, 0) is 0 Å². The molecule has 0 saturated carbocycles. The van der Waals surface area contributed by atoms with Crippen molar-refractivity contribution in [2.45, 2.75) is 55.8 Å². The average Bonchev–Trinajstić information content (AvgIpc) is 3.30. The molecule has 33 heavy (non-hydrogen) atoms. The highest BCUT2D eigenvalue weighted by Gasteiger charge is 2.49. The molecule has 10 heteroatoms. The quantitative estimate of drug-likeness (QED) is 0.500. The van der Waals surface area contributed by atoms with Gasteiger partial charge in [-0.1, -0.05) is 17.7 Å². The van der Waals surface area contributed by atoms with Crippen LogP contribution in [0.3, 0.4) is 0 Å². The second kappa shape index (κ2) is 8.60. The van der Waals surface area contributed by atoms with E-state index in [2.05, 4.69) is 26.4 Å². The Hall–Kier alpha value is -2.10. The summed E-state index contributed by atoms with van der Waals surface area (Å²) < 4.78 is 35.1. The van der Waals surface area contributed by atoms with Gasteiger partial charge in [0.2, 0.25) is 0 Å². The molecule has 0 spiro atoms. The first-order valence-electron chi connectivity index (χ1n) is 11.4. The van der Waals surface area contributed by atoms with Crippen LogP contribution < -0.4 is 9.64 Å². The van der Waals surface area contributed by atoms with E-state index in [1.807, 2.05) is 4.90 Å². The van der Waals surface area contributed by atoms with Gasteiger partial charge in [-0.05, 0) is 38.6 Å². The van der Waals surface area contributed by atoms with E-state index < -0.39 is 17.6 Å². The van der Waals surface area contributed by atoms with Crippen LogP contribution >= 0.6 is 11.6 Å². The predicted octanol–water partition coefficient (Wildman–Crippen LogP) is 3.68.